The summed E-state index contributed by atoms with van der Waals surface area (Å²) >= 11 is 0. The number of aliphatic hydroxyl groups is 14. The second-order valence-corrected chi connectivity index (χ2v) is 23.1. The molecular weight excluding hydrogens is 1000 g/mol. The van der Waals surface area contributed by atoms with Crippen molar-refractivity contribution in [2.75, 3.05) is 19.8 Å². The van der Waals surface area contributed by atoms with E-state index in [0.29, 0.717) is 56.9 Å². The summed E-state index contributed by atoms with van der Waals surface area (Å²) in [7, 11) is 0. The molecule has 11 fully saturated rings. The maximum Gasteiger partial charge on any atom is 0.314 e. The molecule has 4 aliphatic carbocycles. The number of ether oxygens (including phenoxy) is 11. The van der Waals surface area contributed by atoms with Gasteiger partial charge in [0.15, 0.2) is 31.3 Å². The van der Waals surface area contributed by atoms with Crippen molar-refractivity contribution in [1.82, 2.24) is 0 Å². The molecule has 4 saturated carbocycles. The van der Waals surface area contributed by atoms with Crippen LogP contribution in [0.15, 0.2) is 12.2 Å². The van der Waals surface area contributed by atoms with Crippen LogP contribution >= 0.6 is 0 Å². The Morgan fingerprint density at radius 3 is 1.81 bits per heavy atom. The number of carbonyl (C=O) groups excluding carboxylic acids is 1. The van der Waals surface area contributed by atoms with E-state index in [-0.39, 0.29) is 12.3 Å². The molecule has 7 aliphatic heterocycles. The zero-order chi connectivity index (χ0) is 54.0. The smallest absolute Gasteiger partial charge is 0.314 e. The quantitative estimate of drug-likeness (QED) is 0.0582. The van der Waals surface area contributed by atoms with Gasteiger partial charge in [0.1, 0.15) is 104 Å². The highest BCUT2D eigenvalue weighted by Gasteiger charge is 2.73. The number of rotatable bonds is 9. The largest absolute Gasteiger partial charge is 0.432 e. The lowest BCUT2D eigenvalue weighted by Gasteiger charge is -2.66. The second-order valence-electron chi connectivity index (χ2n) is 23.1. The number of aliphatic hydroxyl groups excluding tert-OH is 14. The average Bonchev–Trinajstić information content (AvgIpc) is 3.67. The Morgan fingerprint density at radius 2 is 1.13 bits per heavy atom. The number of hydrogen-bond donors (Lipinski definition) is 14. The van der Waals surface area contributed by atoms with Crippen molar-refractivity contribution in [2.24, 2.45) is 22.7 Å². The van der Waals surface area contributed by atoms with Crippen molar-refractivity contribution in [1.29, 1.82) is 0 Å². The molecule has 0 radical (unpaired) electrons. The van der Waals surface area contributed by atoms with Crippen LogP contribution in [0, 0.1) is 22.7 Å². The molecule has 26 nitrogen and oxygen atoms in total. The fourth-order valence-electron chi connectivity index (χ4n) is 14.8. The zero-order valence-corrected chi connectivity index (χ0v) is 41.9. The average molecular weight is 1080 g/mol. The number of fused-ring (bicyclic) bond motifs is 1. The molecule has 7 saturated heterocycles. The Kier molecular flexibility index (Phi) is 15.8. The molecule has 75 heavy (non-hydrogen) atoms. The van der Waals surface area contributed by atoms with Crippen LogP contribution in [0.1, 0.15) is 78.6 Å². The Balaban J connectivity index is 1.02. The van der Waals surface area contributed by atoms with Crippen LogP contribution in [0.3, 0.4) is 0 Å². The highest BCUT2D eigenvalue weighted by Crippen LogP contribution is 2.72. The van der Waals surface area contributed by atoms with Crippen LogP contribution in [0.5, 0.6) is 0 Å². The summed E-state index contributed by atoms with van der Waals surface area (Å²) < 4.78 is 69.6. The van der Waals surface area contributed by atoms with Crippen LogP contribution in [0.2, 0.25) is 0 Å². The molecule has 26 heteroatoms. The van der Waals surface area contributed by atoms with Gasteiger partial charge in [-0.25, -0.2) is 0 Å². The monoisotopic (exact) mass is 1080 g/mol. The van der Waals surface area contributed by atoms with Gasteiger partial charge in [-0.2, -0.15) is 0 Å². The lowest BCUT2D eigenvalue weighted by molar-refractivity contribution is -0.413. The number of esters is 1. The van der Waals surface area contributed by atoms with Crippen LogP contribution in [-0.2, 0) is 56.9 Å². The molecule has 3 spiro atoms. The number of carbonyl (C=O) groups is 1. The van der Waals surface area contributed by atoms with E-state index in [2.05, 4.69) is 6.58 Å². The maximum atomic E-state index is 15.3. The molecule has 11 aliphatic rings. The molecule has 14 N–H and O–H groups in total. The minimum atomic E-state index is -1.94. The van der Waals surface area contributed by atoms with Gasteiger partial charge in [0.05, 0.1) is 48.6 Å². The highest BCUT2D eigenvalue weighted by molar-refractivity contribution is 5.77. The van der Waals surface area contributed by atoms with E-state index in [4.69, 9.17) is 52.1 Å². The van der Waals surface area contributed by atoms with Gasteiger partial charge in [0.25, 0.3) is 0 Å². The SMILES string of the molecule is C=C1C[C@@]23CCC4[C@](C)(C(=O)O[C@@H]5OC(CO)[C@@H](O)C(O)C5O[C@@H]5OC(C)[C@H](O)C(O)C5O)CCC[C@]45OC4C(O)[C@@H](O)C(C)O[C@H]4OC4C(O[C@@H]6OC(CO)[C@@H](O)C(O)C6O)[C@H](O)C(CO)O[C@H]4O[C@@]1(CC[C@H]25)C3. The van der Waals surface area contributed by atoms with Gasteiger partial charge in [0.2, 0.25) is 6.29 Å². The molecule has 31 atom stereocenters. The van der Waals surface area contributed by atoms with Crippen molar-refractivity contribution in [3.63, 3.8) is 0 Å². The summed E-state index contributed by atoms with van der Waals surface area (Å²) in [5.74, 6) is -2.00. The van der Waals surface area contributed by atoms with Crippen molar-refractivity contribution < 1.29 is 128 Å². The minimum Gasteiger partial charge on any atom is -0.432 e. The lowest BCUT2D eigenvalue weighted by Crippen LogP contribution is -2.71. The third-order valence-corrected chi connectivity index (χ3v) is 18.9. The Labute approximate surface area is 431 Å². The Morgan fingerprint density at radius 1 is 0.560 bits per heavy atom. The summed E-state index contributed by atoms with van der Waals surface area (Å²) in [6.07, 6.45) is -38.1. The summed E-state index contributed by atoms with van der Waals surface area (Å²) in [6, 6.07) is 0. The topological polar surface area (TPSA) is 402 Å². The highest BCUT2D eigenvalue weighted by atomic mass is 16.8. The predicted octanol–water partition coefficient (Wildman–Crippen LogP) is -5.46. The first-order chi connectivity index (χ1) is 35.5. The molecule has 0 aromatic rings. The van der Waals surface area contributed by atoms with Crippen molar-refractivity contribution in [3.05, 3.63) is 12.2 Å². The van der Waals surface area contributed by atoms with E-state index < -0.39 is 207 Å². The predicted molar refractivity (Wildman–Crippen MR) is 242 cm³/mol. The summed E-state index contributed by atoms with van der Waals surface area (Å²) in [4.78, 5) is 15.3. The molecule has 428 valence electrons. The third kappa shape index (κ3) is 9.16. The zero-order valence-electron chi connectivity index (χ0n) is 41.9. The molecule has 16 unspecified atom stereocenters. The van der Waals surface area contributed by atoms with Gasteiger partial charge < -0.3 is 124 Å². The molecule has 4 bridgehead atoms. The third-order valence-electron chi connectivity index (χ3n) is 18.9. The van der Waals surface area contributed by atoms with Crippen molar-refractivity contribution in [3.8, 4) is 0 Å². The molecule has 0 aromatic carbocycles. The molecule has 0 amide bonds. The first-order valence-corrected chi connectivity index (χ1v) is 26.3. The number of hydrogen-bond acceptors (Lipinski definition) is 26. The van der Waals surface area contributed by atoms with Gasteiger partial charge in [-0.3, -0.25) is 4.79 Å². The van der Waals surface area contributed by atoms with E-state index in [9.17, 15) is 71.5 Å². The first kappa shape index (κ1) is 56.5. The van der Waals surface area contributed by atoms with E-state index in [0.717, 1.165) is 0 Å². The lowest BCUT2D eigenvalue weighted by atomic mass is 9.44. The molecule has 7 heterocycles. The fraction of sp³-hybridized carbons (Fsp3) is 0.939. The standard InChI is InChI=1S/C49H76O26/c1-17-12-47-10-6-23-46(4,45(64)73-42-37(33(61)28(56)21(14-51)68-42)71-40-34(62)30(58)25(53)18(2)65-40)8-5-9-49(23)24(47)7-11-48(17,16-47)75-44-39(72-43-38(74-49)32(60)26(54)19(3)66-43)36(29(57)22(15-52)69-44)70-41-35(63)31(59)27(55)20(13-50)67-41/h18-44,50-63H,1,5-16H2,2-4H3/t18?,19?,20?,21?,22?,23?,24-,25+,26+,27-,28-,29-,30?,31?,32?,33?,34?,35?,36?,37?,38?,39?,40+,41+,42+,43+,44+,46-,47-,48+,49+/m1/s1. The van der Waals surface area contributed by atoms with Gasteiger partial charge in [-0.05, 0) is 95.5 Å². The Hall–Kier alpha value is -1.75. The van der Waals surface area contributed by atoms with Crippen LogP contribution in [0.25, 0.3) is 0 Å². The van der Waals surface area contributed by atoms with Gasteiger partial charge in [-0.15, -0.1) is 0 Å². The molecular formula is C49H76O26. The second kappa shape index (κ2) is 21.0. The van der Waals surface area contributed by atoms with Crippen molar-refractivity contribution >= 4 is 5.97 Å². The van der Waals surface area contributed by atoms with Gasteiger partial charge >= 0.3 is 5.97 Å². The summed E-state index contributed by atoms with van der Waals surface area (Å²) in [5.41, 5.74) is -3.89. The fourth-order valence-corrected chi connectivity index (χ4v) is 14.8. The van der Waals surface area contributed by atoms with E-state index in [1.165, 1.54) is 13.8 Å². The molecule has 11 rings (SSSR count). The van der Waals surface area contributed by atoms with Crippen LogP contribution < -0.4 is 0 Å². The maximum absolute atomic E-state index is 15.3. The van der Waals surface area contributed by atoms with Gasteiger partial charge in [-0.1, -0.05) is 6.58 Å². The first-order valence-electron chi connectivity index (χ1n) is 26.3. The minimum absolute atomic E-state index is 0.214. The van der Waals surface area contributed by atoms with Crippen LogP contribution in [-0.4, -0.2) is 262 Å². The van der Waals surface area contributed by atoms with Gasteiger partial charge in [0, 0.05) is 5.92 Å². The van der Waals surface area contributed by atoms with Crippen LogP contribution in [0.4, 0.5) is 0 Å². The van der Waals surface area contributed by atoms with E-state index in [1.54, 1.807) is 6.92 Å². The Bertz CT molecular complexity index is 2060. The summed E-state index contributed by atoms with van der Waals surface area (Å²) in [6.45, 7) is 6.74. The van der Waals surface area contributed by atoms with E-state index >= 15 is 4.79 Å². The normalized spacial score (nSPS) is 56.9. The van der Waals surface area contributed by atoms with Crippen molar-refractivity contribution in [2.45, 2.75) is 243 Å². The molecule has 0 aromatic heterocycles. The summed E-state index contributed by atoms with van der Waals surface area (Å²) in [5, 5.41) is 153. The van der Waals surface area contributed by atoms with E-state index in [1.807, 2.05) is 0 Å².